The van der Waals surface area contributed by atoms with Crippen molar-refractivity contribution in [2.75, 3.05) is 39.3 Å². The predicted molar refractivity (Wildman–Crippen MR) is 200 cm³/mol. The maximum atomic E-state index is 13.8. The van der Waals surface area contributed by atoms with Gasteiger partial charge in [0.05, 0.1) is 29.3 Å². The SMILES string of the molecule is Cc1sc2c(c1C)C(c1ccc(Cl)cc1)=N[C@@H](CC(=O)N1CCN(CCOc3ccc(-c4nc(CC(=O)O)cs4)c(Cl)c3)CC1)c1nnc(C)n1-2. The van der Waals surface area contributed by atoms with Crippen LogP contribution in [0.25, 0.3) is 15.6 Å². The molecular formula is C36H35Cl2N7O4S2. The maximum absolute atomic E-state index is 13.8. The van der Waals surface area contributed by atoms with Crippen molar-refractivity contribution in [3.8, 4) is 21.3 Å². The Balaban J connectivity index is 0.979. The number of benzene rings is 2. The molecule has 0 spiro atoms. The average Bonchev–Trinajstić information content (AvgIpc) is 3.78. The monoisotopic (exact) mass is 763 g/mol. The standard InChI is InChI=1S/C36H35Cl2N7O4S2/c1-20-21(2)51-36-32(20)33(23-4-6-24(37)7-5-23)40-29(34-42-41-22(3)45(34)36)18-30(46)44-12-10-43(11-13-44)14-15-49-26-8-9-27(28(38)17-26)35-39-25(19-50-35)16-31(47)48/h4-9,17,19,29H,10-16,18H2,1-3H3,(H,47,48)/t29-/m0/s1. The Labute approximate surface area is 313 Å². The number of aliphatic carboxylic acids is 1. The molecule has 51 heavy (non-hydrogen) atoms. The molecule has 7 rings (SSSR count). The molecule has 5 heterocycles. The molecule has 1 N–H and O–H groups in total. The Bertz CT molecular complexity index is 2130. The van der Waals surface area contributed by atoms with Crippen LogP contribution in [0, 0.1) is 20.8 Å². The van der Waals surface area contributed by atoms with Gasteiger partial charge in [0, 0.05) is 64.7 Å². The fraction of sp³-hybridized carbons (Fsp3) is 0.333. The summed E-state index contributed by atoms with van der Waals surface area (Å²) >= 11 is 15.8. The highest BCUT2D eigenvalue weighted by atomic mass is 35.5. The summed E-state index contributed by atoms with van der Waals surface area (Å²) in [7, 11) is 0. The fourth-order valence-corrected chi connectivity index (χ4v) is 8.88. The number of carboxylic acids is 1. The van der Waals surface area contributed by atoms with Crippen molar-refractivity contribution in [1.82, 2.24) is 29.5 Å². The molecule has 1 fully saturated rings. The van der Waals surface area contributed by atoms with E-state index in [2.05, 4.69) is 38.5 Å². The maximum Gasteiger partial charge on any atom is 0.309 e. The summed E-state index contributed by atoms with van der Waals surface area (Å²) < 4.78 is 8.08. The average molecular weight is 765 g/mol. The van der Waals surface area contributed by atoms with E-state index in [1.807, 2.05) is 48.2 Å². The highest BCUT2D eigenvalue weighted by molar-refractivity contribution is 7.15. The first-order valence-corrected chi connectivity index (χ1v) is 19.0. The summed E-state index contributed by atoms with van der Waals surface area (Å²) in [5.74, 6) is 1.19. The van der Waals surface area contributed by atoms with Gasteiger partial charge in [-0.05, 0) is 56.7 Å². The zero-order chi connectivity index (χ0) is 35.8. The topological polar surface area (TPSA) is 126 Å². The first-order chi connectivity index (χ1) is 24.5. The van der Waals surface area contributed by atoms with E-state index in [4.69, 9.17) is 38.0 Å². The highest BCUT2D eigenvalue weighted by Gasteiger charge is 2.34. The van der Waals surface area contributed by atoms with Crippen LogP contribution in [0.3, 0.4) is 0 Å². The lowest BCUT2D eigenvalue weighted by Gasteiger charge is -2.35. The number of fused-ring (bicyclic) bond motifs is 3. The molecule has 0 unspecified atom stereocenters. The van der Waals surface area contributed by atoms with Crippen molar-refractivity contribution >= 4 is 63.5 Å². The lowest BCUT2D eigenvalue weighted by atomic mass is 9.99. The van der Waals surface area contributed by atoms with Crippen LogP contribution in [0.5, 0.6) is 5.75 Å². The summed E-state index contributed by atoms with van der Waals surface area (Å²) in [6.07, 6.45) is 0.0579. The minimum Gasteiger partial charge on any atom is -0.492 e. The third kappa shape index (κ3) is 7.44. The second-order valence-corrected chi connectivity index (χ2v) is 15.4. The number of aryl methyl sites for hydroxylation is 2. The van der Waals surface area contributed by atoms with E-state index in [0.717, 1.165) is 51.9 Å². The molecule has 2 aromatic carbocycles. The summed E-state index contributed by atoms with van der Waals surface area (Å²) in [6.45, 7) is 10.00. The van der Waals surface area contributed by atoms with Gasteiger partial charge in [0.15, 0.2) is 5.82 Å². The largest absolute Gasteiger partial charge is 0.492 e. The molecule has 1 amide bonds. The minimum atomic E-state index is -0.923. The number of amides is 1. The number of aromatic nitrogens is 4. The summed E-state index contributed by atoms with van der Waals surface area (Å²) in [5.41, 5.74) is 5.20. The molecule has 0 aliphatic carbocycles. The van der Waals surface area contributed by atoms with Crippen molar-refractivity contribution in [3.63, 3.8) is 0 Å². The van der Waals surface area contributed by atoms with E-state index in [9.17, 15) is 9.59 Å². The minimum absolute atomic E-state index is 0.0329. The van der Waals surface area contributed by atoms with Crippen LogP contribution in [0.15, 0.2) is 52.8 Å². The molecule has 1 saturated heterocycles. The smallest absolute Gasteiger partial charge is 0.309 e. The number of halogens is 2. The number of carboxylic acid groups (broad SMARTS) is 1. The van der Waals surface area contributed by atoms with E-state index < -0.39 is 12.0 Å². The van der Waals surface area contributed by atoms with Gasteiger partial charge in [-0.25, -0.2) is 4.98 Å². The van der Waals surface area contributed by atoms with Crippen molar-refractivity contribution in [2.45, 2.75) is 39.7 Å². The number of hydrogen-bond donors (Lipinski definition) is 1. The normalized spacial score (nSPS) is 16.0. The van der Waals surface area contributed by atoms with Crippen LogP contribution in [0.1, 0.15) is 51.4 Å². The van der Waals surface area contributed by atoms with Crippen LogP contribution < -0.4 is 4.74 Å². The van der Waals surface area contributed by atoms with E-state index >= 15 is 0 Å². The van der Waals surface area contributed by atoms with Gasteiger partial charge in [-0.1, -0.05) is 35.3 Å². The quantitative estimate of drug-likeness (QED) is 0.164. The van der Waals surface area contributed by atoms with Crippen molar-refractivity contribution in [2.24, 2.45) is 4.99 Å². The molecule has 5 aromatic rings. The summed E-state index contributed by atoms with van der Waals surface area (Å²) in [5, 5.41) is 22.5. The number of nitrogens with zero attached hydrogens (tertiary/aromatic N) is 7. The van der Waals surface area contributed by atoms with Gasteiger partial charge in [0.2, 0.25) is 5.91 Å². The van der Waals surface area contributed by atoms with Crippen LogP contribution in [0.2, 0.25) is 10.0 Å². The Hall–Kier alpha value is -4.14. The van der Waals surface area contributed by atoms with E-state index in [-0.39, 0.29) is 18.7 Å². The van der Waals surface area contributed by atoms with Crippen molar-refractivity contribution in [1.29, 1.82) is 0 Å². The van der Waals surface area contributed by atoms with Crippen LogP contribution >= 0.6 is 45.9 Å². The second kappa shape index (κ2) is 14.8. The number of carbonyl (C=O) groups excluding carboxylic acids is 1. The highest BCUT2D eigenvalue weighted by Crippen LogP contribution is 2.40. The van der Waals surface area contributed by atoms with Gasteiger partial charge < -0.3 is 14.7 Å². The third-order valence-corrected chi connectivity index (χ3v) is 11.9. The number of thiazole rings is 1. The van der Waals surface area contributed by atoms with Gasteiger partial charge in [0.1, 0.15) is 34.2 Å². The van der Waals surface area contributed by atoms with Crippen molar-refractivity contribution in [3.05, 3.63) is 96.8 Å². The van der Waals surface area contributed by atoms with E-state index in [0.29, 0.717) is 58.6 Å². The molecular weight excluding hydrogens is 729 g/mol. The first kappa shape index (κ1) is 35.3. The number of hydrogen-bond acceptors (Lipinski definition) is 10. The molecule has 0 bridgehead atoms. The number of aliphatic imine (C=N–C) groups is 1. The molecule has 264 valence electrons. The summed E-state index contributed by atoms with van der Waals surface area (Å²) in [4.78, 5) is 39.9. The number of ether oxygens (including phenoxy) is 1. The molecule has 2 aliphatic rings. The lowest BCUT2D eigenvalue weighted by molar-refractivity contribution is -0.136. The number of piperazine rings is 1. The lowest BCUT2D eigenvalue weighted by Crippen LogP contribution is -2.49. The number of carbonyl (C=O) groups is 2. The zero-order valence-corrected chi connectivity index (χ0v) is 31.4. The molecule has 11 nitrogen and oxygen atoms in total. The van der Waals surface area contributed by atoms with Crippen LogP contribution in [-0.4, -0.2) is 91.6 Å². The molecule has 15 heteroatoms. The molecule has 0 radical (unpaired) electrons. The Morgan fingerprint density at radius 3 is 2.51 bits per heavy atom. The Morgan fingerprint density at radius 1 is 1.02 bits per heavy atom. The van der Waals surface area contributed by atoms with E-state index in [1.165, 1.54) is 16.2 Å². The van der Waals surface area contributed by atoms with E-state index in [1.54, 1.807) is 22.8 Å². The van der Waals surface area contributed by atoms with Gasteiger partial charge >= 0.3 is 5.97 Å². The van der Waals surface area contributed by atoms with Crippen LogP contribution in [0.4, 0.5) is 0 Å². The zero-order valence-electron chi connectivity index (χ0n) is 28.2. The fourth-order valence-electron chi connectivity index (χ4n) is 6.37. The molecule has 0 saturated carbocycles. The Kier molecular flexibility index (Phi) is 10.3. The molecule has 1 atom stereocenters. The molecule has 2 aliphatic heterocycles. The van der Waals surface area contributed by atoms with Gasteiger partial charge in [-0.15, -0.1) is 32.9 Å². The molecule has 3 aromatic heterocycles. The number of thiophene rings is 1. The van der Waals surface area contributed by atoms with Gasteiger partial charge in [-0.2, -0.15) is 0 Å². The Morgan fingerprint density at radius 2 is 1.78 bits per heavy atom. The predicted octanol–water partition coefficient (Wildman–Crippen LogP) is 6.82. The van der Waals surface area contributed by atoms with Crippen molar-refractivity contribution < 1.29 is 19.4 Å². The first-order valence-electron chi connectivity index (χ1n) is 16.5. The number of rotatable bonds is 10. The van der Waals surface area contributed by atoms with Gasteiger partial charge in [-0.3, -0.25) is 24.0 Å². The second-order valence-electron chi connectivity index (χ2n) is 12.5. The van der Waals surface area contributed by atoms with Gasteiger partial charge in [0.25, 0.3) is 0 Å². The third-order valence-electron chi connectivity index (χ3n) is 9.18. The summed E-state index contributed by atoms with van der Waals surface area (Å²) in [6, 6.07) is 12.6. The van der Waals surface area contributed by atoms with Crippen LogP contribution in [-0.2, 0) is 16.0 Å².